The molecule has 0 radical (unpaired) electrons. The summed E-state index contributed by atoms with van der Waals surface area (Å²) in [5.41, 5.74) is 2.66. The van der Waals surface area contributed by atoms with Gasteiger partial charge in [0.1, 0.15) is 23.8 Å². The molecular formula is C39H49FN6O7. The van der Waals surface area contributed by atoms with E-state index in [9.17, 15) is 19.2 Å². The number of aromatic nitrogens is 3. The molecule has 0 bridgehead atoms. The first-order valence-electron chi connectivity index (χ1n) is 18.5. The van der Waals surface area contributed by atoms with Crippen LogP contribution >= 0.6 is 0 Å². The van der Waals surface area contributed by atoms with Crippen LogP contribution in [0.3, 0.4) is 0 Å². The summed E-state index contributed by atoms with van der Waals surface area (Å²) in [5, 5.41) is 12.1. The lowest BCUT2D eigenvalue weighted by Crippen LogP contribution is -2.52. The van der Waals surface area contributed by atoms with Crippen molar-refractivity contribution in [2.75, 3.05) is 62.8 Å². The van der Waals surface area contributed by atoms with Gasteiger partial charge in [-0.05, 0) is 87.9 Å². The van der Waals surface area contributed by atoms with Crippen LogP contribution in [0.5, 0.6) is 0 Å². The number of unbranched alkanes of at least 4 members (excludes halogenated alkanes) is 1. The minimum atomic E-state index is -0.790. The topological polar surface area (TPSA) is 151 Å². The number of piperazine rings is 1. The third-order valence-corrected chi connectivity index (χ3v) is 10.2. The highest BCUT2D eigenvalue weighted by Gasteiger charge is 2.30. The Balaban J connectivity index is 1.05. The van der Waals surface area contributed by atoms with Gasteiger partial charge in [-0.15, -0.1) is 0 Å². The highest BCUT2D eigenvalue weighted by atomic mass is 19.1. The van der Waals surface area contributed by atoms with Crippen molar-refractivity contribution in [3.63, 3.8) is 0 Å². The van der Waals surface area contributed by atoms with Gasteiger partial charge in [0.05, 0.1) is 31.0 Å². The second-order valence-corrected chi connectivity index (χ2v) is 13.9. The van der Waals surface area contributed by atoms with Gasteiger partial charge in [0.15, 0.2) is 0 Å². The Morgan fingerprint density at radius 1 is 1.04 bits per heavy atom. The van der Waals surface area contributed by atoms with Crippen molar-refractivity contribution in [1.29, 1.82) is 0 Å². The lowest BCUT2D eigenvalue weighted by Gasteiger charge is -2.41. The van der Waals surface area contributed by atoms with E-state index in [4.69, 9.17) is 14.6 Å². The number of aromatic amines is 1. The first kappa shape index (κ1) is 38.0. The quantitative estimate of drug-likeness (QED) is 0.114. The Morgan fingerprint density at radius 3 is 2.55 bits per heavy atom. The summed E-state index contributed by atoms with van der Waals surface area (Å²) in [6.45, 7) is 9.14. The number of aliphatic hydroxyl groups excluding tert-OH is 1. The predicted molar refractivity (Wildman–Crippen MR) is 202 cm³/mol. The van der Waals surface area contributed by atoms with Gasteiger partial charge in [-0.25, -0.2) is 14.0 Å². The van der Waals surface area contributed by atoms with Gasteiger partial charge in [0, 0.05) is 61.6 Å². The fourth-order valence-electron chi connectivity index (χ4n) is 7.05. The highest BCUT2D eigenvalue weighted by Crippen LogP contribution is 2.38. The van der Waals surface area contributed by atoms with Gasteiger partial charge in [-0.1, -0.05) is 13.0 Å². The van der Waals surface area contributed by atoms with E-state index >= 15 is 4.39 Å². The number of fused-ring (bicyclic) bond motifs is 1. The largest absolute Gasteiger partial charge is 0.459 e. The molecule has 0 spiro atoms. The van der Waals surface area contributed by atoms with Crippen molar-refractivity contribution in [2.45, 2.75) is 71.5 Å². The van der Waals surface area contributed by atoms with Crippen molar-refractivity contribution in [2.24, 2.45) is 0 Å². The van der Waals surface area contributed by atoms with Crippen LogP contribution in [0, 0.1) is 12.7 Å². The third kappa shape index (κ3) is 8.89. The molecule has 1 atom stereocenters. The SMILES string of the molecule is CCc1cc(Nc2cc(=O)n(CCCCN3CCN(c4cc5c(cc4F)c(=O)c(C(=O)OCCOCCO)cn5C4CC4)C[C@H]3C)c(=O)[nH]2)ccc1C. The molecule has 1 aliphatic heterocycles. The van der Waals surface area contributed by atoms with Gasteiger partial charge < -0.3 is 29.4 Å². The Labute approximate surface area is 306 Å². The van der Waals surface area contributed by atoms with Crippen LogP contribution in [-0.2, 0) is 22.4 Å². The zero-order chi connectivity index (χ0) is 37.6. The molecule has 6 rings (SSSR count). The summed E-state index contributed by atoms with van der Waals surface area (Å²) in [7, 11) is 0. The maximum atomic E-state index is 15.7. The van der Waals surface area contributed by atoms with Gasteiger partial charge in [-0.2, -0.15) is 0 Å². The Bertz CT molecular complexity index is 2090. The van der Waals surface area contributed by atoms with Crippen LogP contribution in [0.25, 0.3) is 10.9 Å². The van der Waals surface area contributed by atoms with Crippen molar-refractivity contribution in [1.82, 2.24) is 19.0 Å². The summed E-state index contributed by atoms with van der Waals surface area (Å²) < 4.78 is 29.2. The zero-order valence-electron chi connectivity index (χ0n) is 30.7. The molecule has 14 heteroatoms. The number of aliphatic hydroxyl groups is 1. The van der Waals surface area contributed by atoms with Gasteiger partial charge in [0.25, 0.3) is 5.56 Å². The van der Waals surface area contributed by atoms with Crippen molar-refractivity contribution >= 4 is 34.1 Å². The Morgan fingerprint density at radius 2 is 1.83 bits per heavy atom. The number of hydrogen-bond acceptors (Lipinski definition) is 10. The summed E-state index contributed by atoms with van der Waals surface area (Å²) in [4.78, 5) is 59.0. The zero-order valence-corrected chi connectivity index (χ0v) is 30.7. The van der Waals surface area contributed by atoms with E-state index in [1.54, 1.807) is 6.07 Å². The highest BCUT2D eigenvalue weighted by molar-refractivity contribution is 5.94. The van der Waals surface area contributed by atoms with Crippen molar-refractivity contribution in [3.8, 4) is 0 Å². The van der Waals surface area contributed by atoms with E-state index in [1.807, 2.05) is 27.7 Å². The minimum Gasteiger partial charge on any atom is -0.459 e. The average Bonchev–Trinajstić information content (AvgIpc) is 3.98. The second-order valence-electron chi connectivity index (χ2n) is 13.9. The van der Waals surface area contributed by atoms with E-state index < -0.39 is 22.9 Å². The molecule has 2 aromatic carbocycles. The number of rotatable bonds is 16. The lowest BCUT2D eigenvalue weighted by atomic mass is 10.1. The maximum Gasteiger partial charge on any atom is 0.343 e. The number of carbonyl (C=O) groups excluding carboxylic acids is 1. The molecule has 4 aromatic rings. The van der Waals surface area contributed by atoms with Crippen LogP contribution in [0.15, 0.2) is 57.0 Å². The van der Waals surface area contributed by atoms with E-state index in [1.165, 1.54) is 34.0 Å². The number of aryl methyl sites for hydroxylation is 2. The number of esters is 1. The normalized spacial score (nSPS) is 16.3. The van der Waals surface area contributed by atoms with Crippen LogP contribution in [-0.4, -0.2) is 88.7 Å². The number of nitrogens with one attached hydrogen (secondary N) is 2. The molecule has 1 saturated carbocycles. The number of benzene rings is 2. The minimum absolute atomic E-state index is 0.0715. The molecule has 0 amide bonds. The lowest BCUT2D eigenvalue weighted by molar-refractivity contribution is 0.0256. The maximum absolute atomic E-state index is 15.7. The van der Waals surface area contributed by atoms with Crippen LogP contribution in [0.1, 0.15) is 67.1 Å². The third-order valence-electron chi connectivity index (χ3n) is 10.2. The van der Waals surface area contributed by atoms with Crippen molar-refractivity contribution in [3.05, 3.63) is 96.2 Å². The van der Waals surface area contributed by atoms with Gasteiger partial charge >= 0.3 is 11.7 Å². The molecule has 3 N–H and O–H groups in total. The molecule has 3 heterocycles. The molecule has 53 heavy (non-hydrogen) atoms. The van der Waals surface area contributed by atoms with Gasteiger partial charge in [-0.3, -0.25) is 24.0 Å². The van der Waals surface area contributed by atoms with Crippen LogP contribution < -0.4 is 26.9 Å². The second kappa shape index (κ2) is 16.9. The molecule has 284 valence electrons. The molecule has 2 fully saturated rings. The monoisotopic (exact) mass is 732 g/mol. The Hall–Kier alpha value is -4.79. The van der Waals surface area contributed by atoms with E-state index in [2.05, 4.69) is 36.0 Å². The number of anilines is 3. The summed E-state index contributed by atoms with van der Waals surface area (Å²) in [5.74, 6) is -0.960. The number of carbonyl (C=O) groups is 1. The number of hydrogen-bond donors (Lipinski definition) is 3. The smallest absolute Gasteiger partial charge is 0.343 e. The predicted octanol–water partition coefficient (Wildman–Crippen LogP) is 4.10. The van der Waals surface area contributed by atoms with Crippen LogP contribution in [0.2, 0.25) is 0 Å². The molecule has 2 aliphatic rings. The van der Waals surface area contributed by atoms with E-state index in [0.29, 0.717) is 49.6 Å². The van der Waals surface area contributed by atoms with Crippen molar-refractivity contribution < 1.29 is 23.8 Å². The number of H-pyrrole nitrogens is 1. The number of pyridine rings is 1. The molecule has 1 aliphatic carbocycles. The molecular weight excluding hydrogens is 683 g/mol. The van der Waals surface area contributed by atoms with Gasteiger partial charge in [0.2, 0.25) is 5.43 Å². The molecule has 0 unspecified atom stereocenters. The first-order valence-corrected chi connectivity index (χ1v) is 18.5. The molecule has 1 saturated heterocycles. The fourth-order valence-corrected chi connectivity index (χ4v) is 7.05. The summed E-state index contributed by atoms with van der Waals surface area (Å²) in [6, 6.07) is 10.5. The molecule has 2 aromatic heterocycles. The van der Waals surface area contributed by atoms with Crippen LogP contribution in [0.4, 0.5) is 21.6 Å². The summed E-state index contributed by atoms with van der Waals surface area (Å²) >= 11 is 0. The van der Waals surface area contributed by atoms with E-state index in [-0.39, 0.29) is 55.0 Å². The fraction of sp³-hybridized carbons (Fsp3) is 0.487. The number of nitrogens with zero attached hydrogens (tertiary/aromatic N) is 4. The Kier molecular flexibility index (Phi) is 12.1. The number of halogens is 1. The first-order chi connectivity index (χ1) is 25.6. The summed E-state index contributed by atoms with van der Waals surface area (Å²) in [6.07, 6.45) is 5.62. The number of ether oxygens (including phenoxy) is 2. The molecule has 13 nitrogen and oxygen atoms in total. The average molecular weight is 733 g/mol. The van der Waals surface area contributed by atoms with E-state index in [0.717, 1.165) is 37.9 Å². The standard InChI is InChI=1S/C39H49FN6O7/c1-4-27-19-28(8-7-25(27)2)41-35-22-36(48)45(39(51)42-35)12-6-5-11-43-13-14-44(23-26(43)3)34-21-33-30(20-32(34)40)37(49)31(24-46(33)29-9-10-29)38(50)53-18-17-52-16-15-47/h7-8,19-22,24,26,29,41,47H,4-6,9-18,23H2,1-3H3,(H,42,51)/t26-/m1/s1.